The minimum atomic E-state index is -0.356. The van der Waals surface area contributed by atoms with E-state index in [1.165, 1.54) is 21.5 Å². The maximum absolute atomic E-state index is 12.9. The van der Waals surface area contributed by atoms with Crippen LogP contribution < -0.4 is 16.0 Å². The molecule has 0 aliphatic carbocycles. The zero-order valence-corrected chi connectivity index (χ0v) is 21.3. The Labute approximate surface area is 213 Å². The molecule has 1 N–H and O–H groups in total. The second kappa shape index (κ2) is 11.4. The van der Waals surface area contributed by atoms with Gasteiger partial charge in [-0.25, -0.2) is 4.79 Å². The van der Waals surface area contributed by atoms with Gasteiger partial charge in [0, 0.05) is 25.2 Å². The van der Waals surface area contributed by atoms with Gasteiger partial charge in [-0.15, -0.1) is 36.2 Å². The first-order valence-corrected chi connectivity index (χ1v) is 11.8. The maximum Gasteiger partial charge on any atom is 0.328 e. The molecule has 34 heavy (non-hydrogen) atoms. The van der Waals surface area contributed by atoms with E-state index in [0.29, 0.717) is 28.2 Å². The normalized spacial score (nSPS) is 15.9. The second-order valence-corrected chi connectivity index (χ2v) is 9.33. The number of unbranched alkanes of at least 4 members (excludes halogenated alkanes) is 1. The highest BCUT2D eigenvalue weighted by molar-refractivity contribution is 7.25. The number of hydrogen-bond acceptors (Lipinski definition) is 6. The minimum Gasteiger partial charge on any atom is -0.496 e. The highest BCUT2D eigenvalue weighted by atomic mass is 35.5. The summed E-state index contributed by atoms with van der Waals surface area (Å²) in [5, 5.41) is 0. The average Bonchev–Trinajstić information content (AvgIpc) is 3.43. The van der Waals surface area contributed by atoms with Crippen LogP contribution in [0.25, 0.3) is 20.4 Å². The molecule has 3 aromatic heterocycles. The number of aromatic amines is 1. The zero-order chi connectivity index (χ0) is 22.1. The molecule has 4 heterocycles. The number of H-pyrrole nitrogens is 1. The topological polar surface area (TPSA) is 80.2 Å². The Bertz CT molecular complexity index is 1380. The third kappa shape index (κ3) is 5.00. The van der Waals surface area contributed by atoms with Crippen molar-refractivity contribution in [2.24, 2.45) is 0 Å². The van der Waals surface area contributed by atoms with Crippen molar-refractivity contribution in [1.29, 1.82) is 0 Å². The van der Waals surface area contributed by atoms with Crippen molar-refractivity contribution >= 4 is 56.6 Å². The fourth-order valence-electron chi connectivity index (χ4n) is 4.69. The molecule has 1 aliphatic rings. The third-order valence-electron chi connectivity index (χ3n) is 6.32. The molecule has 0 unspecified atom stereocenters. The third-order valence-corrected chi connectivity index (χ3v) is 7.45. The summed E-state index contributed by atoms with van der Waals surface area (Å²) >= 11 is 1.39. The van der Waals surface area contributed by atoms with Crippen LogP contribution in [0, 0.1) is 0 Å². The quantitative estimate of drug-likeness (QED) is 0.363. The van der Waals surface area contributed by atoms with E-state index in [1.54, 1.807) is 13.3 Å². The standard InChI is InChI=1S/C24H26N4O3S.2ClH/c1-31-18-8-3-2-7-17(18)16-10-14-27(15-16)12-4-5-13-28-23(29)22-21(26-24(28)30)20-19(32-22)9-6-11-25-20;;/h2-3,6-9,11,16H,4-5,10,12-15H2,1H3,(H,26,30);2*1H/t16-;;/m0../s1. The van der Waals surface area contributed by atoms with Gasteiger partial charge in [0.2, 0.25) is 0 Å². The number of methoxy groups -OCH3 is 1. The molecular weight excluding hydrogens is 495 g/mol. The van der Waals surface area contributed by atoms with Crippen LogP contribution in [-0.4, -0.2) is 46.2 Å². The molecule has 7 nitrogen and oxygen atoms in total. The maximum atomic E-state index is 12.9. The van der Waals surface area contributed by atoms with Crippen molar-refractivity contribution < 1.29 is 4.74 Å². The van der Waals surface area contributed by atoms with Crippen LogP contribution in [0.1, 0.15) is 30.7 Å². The number of pyridine rings is 1. The number of para-hydroxylation sites is 1. The monoisotopic (exact) mass is 522 g/mol. The molecule has 0 saturated carbocycles. The molecule has 10 heteroatoms. The van der Waals surface area contributed by atoms with E-state index in [0.717, 1.165) is 49.3 Å². The molecule has 1 atom stereocenters. The van der Waals surface area contributed by atoms with E-state index in [2.05, 4.69) is 27.0 Å². The van der Waals surface area contributed by atoms with Crippen molar-refractivity contribution in [3.63, 3.8) is 0 Å². The van der Waals surface area contributed by atoms with E-state index >= 15 is 0 Å². The van der Waals surface area contributed by atoms with Crippen LogP contribution in [0.15, 0.2) is 52.2 Å². The summed E-state index contributed by atoms with van der Waals surface area (Å²) in [4.78, 5) is 35.2. The molecule has 0 spiro atoms. The van der Waals surface area contributed by atoms with Crippen LogP contribution in [-0.2, 0) is 6.54 Å². The number of nitrogens with zero attached hydrogens (tertiary/aromatic N) is 3. The molecule has 0 amide bonds. The fraction of sp³-hybridized carbons (Fsp3) is 0.375. The van der Waals surface area contributed by atoms with E-state index in [4.69, 9.17) is 4.74 Å². The number of aromatic nitrogens is 3. The minimum absolute atomic E-state index is 0. The van der Waals surface area contributed by atoms with Crippen molar-refractivity contribution in [3.05, 3.63) is 69.0 Å². The van der Waals surface area contributed by atoms with E-state index in [9.17, 15) is 9.59 Å². The number of ether oxygens (including phenoxy) is 1. The summed E-state index contributed by atoms with van der Waals surface area (Å²) in [7, 11) is 1.72. The zero-order valence-electron chi connectivity index (χ0n) is 18.9. The van der Waals surface area contributed by atoms with Crippen molar-refractivity contribution in [2.45, 2.75) is 31.7 Å². The molecule has 1 saturated heterocycles. The van der Waals surface area contributed by atoms with Gasteiger partial charge in [-0.05, 0) is 56.1 Å². The van der Waals surface area contributed by atoms with Gasteiger partial charge in [-0.1, -0.05) is 18.2 Å². The van der Waals surface area contributed by atoms with Crippen LogP contribution in [0.5, 0.6) is 5.75 Å². The number of nitrogens with one attached hydrogen (secondary N) is 1. The Balaban J connectivity index is 0.00000162. The molecule has 0 radical (unpaired) electrons. The molecule has 1 aromatic carbocycles. The lowest BCUT2D eigenvalue weighted by atomic mass is 9.97. The first kappa shape index (κ1) is 26.2. The number of fused-ring (bicyclic) bond motifs is 3. The second-order valence-electron chi connectivity index (χ2n) is 8.28. The van der Waals surface area contributed by atoms with Crippen molar-refractivity contribution in [3.8, 4) is 5.75 Å². The van der Waals surface area contributed by atoms with Crippen LogP contribution in [0.4, 0.5) is 0 Å². The Hall–Kier alpha value is -2.39. The van der Waals surface area contributed by atoms with Gasteiger partial charge in [0.05, 0.1) is 17.3 Å². The average molecular weight is 523 g/mol. The molecule has 5 rings (SSSR count). The SMILES string of the molecule is COc1ccccc1[C@H]1CCN(CCCCn2c(=O)[nH]c3c(sc4cccnc43)c2=O)C1.Cl.Cl. The Morgan fingerprint density at radius 1 is 1.12 bits per heavy atom. The van der Waals surface area contributed by atoms with E-state index < -0.39 is 0 Å². The number of benzene rings is 1. The lowest BCUT2D eigenvalue weighted by Crippen LogP contribution is -2.34. The smallest absolute Gasteiger partial charge is 0.328 e. The fourth-order valence-corrected chi connectivity index (χ4v) is 5.75. The van der Waals surface area contributed by atoms with Gasteiger partial charge in [0.15, 0.2) is 0 Å². The first-order valence-electron chi connectivity index (χ1n) is 11.0. The Kier molecular flexibility index (Phi) is 8.76. The first-order chi connectivity index (χ1) is 15.7. The predicted molar refractivity (Wildman–Crippen MR) is 143 cm³/mol. The molecule has 1 aliphatic heterocycles. The summed E-state index contributed by atoms with van der Waals surface area (Å²) in [6.07, 6.45) is 4.52. The summed E-state index contributed by atoms with van der Waals surface area (Å²) in [5.41, 5.74) is 1.94. The van der Waals surface area contributed by atoms with Gasteiger partial charge in [0.25, 0.3) is 5.56 Å². The highest BCUT2D eigenvalue weighted by Crippen LogP contribution is 2.33. The van der Waals surface area contributed by atoms with Gasteiger partial charge >= 0.3 is 5.69 Å². The summed E-state index contributed by atoms with van der Waals surface area (Å²) in [6.45, 7) is 3.47. The molecule has 0 bridgehead atoms. The van der Waals surface area contributed by atoms with Gasteiger partial charge in [0.1, 0.15) is 16.0 Å². The van der Waals surface area contributed by atoms with Crippen molar-refractivity contribution in [2.75, 3.05) is 26.7 Å². The largest absolute Gasteiger partial charge is 0.496 e. The Morgan fingerprint density at radius 3 is 2.74 bits per heavy atom. The number of thiophene rings is 1. The molecule has 1 fully saturated rings. The van der Waals surface area contributed by atoms with Crippen LogP contribution in [0.2, 0.25) is 0 Å². The molecule has 4 aromatic rings. The van der Waals surface area contributed by atoms with Gasteiger partial charge < -0.3 is 14.6 Å². The number of likely N-dealkylation sites (tertiary alicyclic amines) is 1. The van der Waals surface area contributed by atoms with Crippen LogP contribution >= 0.6 is 36.2 Å². The van der Waals surface area contributed by atoms with E-state index in [-0.39, 0.29) is 36.1 Å². The number of hydrogen-bond donors (Lipinski definition) is 1. The van der Waals surface area contributed by atoms with Crippen LogP contribution in [0.3, 0.4) is 0 Å². The predicted octanol–water partition coefficient (Wildman–Crippen LogP) is 4.42. The van der Waals surface area contributed by atoms with Gasteiger partial charge in [-0.3, -0.25) is 14.3 Å². The summed E-state index contributed by atoms with van der Waals surface area (Å²) < 4.78 is 8.33. The van der Waals surface area contributed by atoms with Gasteiger partial charge in [-0.2, -0.15) is 0 Å². The lowest BCUT2D eigenvalue weighted by Gasteiger charge is -2.17. The highest BCUT2D eigenvalue weighted by Gasteiger charge is 2.25. The molecular formula is C24H28Cl2N4O3S. The summed E-state index contributed by atoms with van der Waals surface area (Å²) in [6, 6.07) is 12.0. The Morgan fingerprint density at radius 2 is 1.91 bits per heavy atom. The molecule has 182 valence electrons. The lowest BCUT2D eigenvalue weighted by molar-refractivity contribution is 0.320. The van der Waals surface area contributed by atoms with Crippen molar-refractivity contribution in [1.82, 2.24) is 19.4 Å². The number of rotatable bonds is 7. The summed E-state index contributed by atoms with van der Waals surface area (Å²) in [5.74, 6) is 1.45. The van der Waals surface area contributed by atoms with E-state index in [1.807, 2.05) is 24.3 Å². The number of halogens is 2.